The molecule has 2 spiro atoms. The first kappa shape index (κ1) is 39.5. The van der Waals surface area contributed by atoms with E-state index in [1.54, 1.807) is 0 Å². The standard InChI is InChI=1S/C46H77N3O6/c1-28(2)37(55-40(51)48-18-11-19-48)31-22-29(3)36-38(53-31)39(50)44(10)33-13-12-32-42(7,8)34(14-15-45(32)27-46(33,45)17-16-43(36,44)9)54-35-26-47(20-21-52-35)23-30-24-49(25-30)41(4,5)6/h28-39,50H,11-27H2,1-10H3/t29-,31-,32+,33+,34+,35+,36+,37-,38+,39+,43-,44-,45-,46+/m1/s1. The van der Waals surface area contributed by atoms with E-state index in [1.165, 1.54) is 51.6 Å². The van der Waals surface area contributed by atoms with Gasteiger partial charge < -0.3 is 29.0 Å². The minimum atomic E-state index is -0.515. The van der Waals surface area contributed by atoms with Gasteiger partial charge in [-0.3, -0.25) is 9.80 Å². The van der Waals surface area contributed by atoms with Crippen LogP contribution in [0.2, 0.25) is 0 Å². The lowest BCUT2D eigenvalue weighted by Crippen LogP contribution is -2.61. The van der Waals surface area contributed by atoms with Crippen LogP contribution in [0.3, 0.4) is 0 Å². The largest absolute Gasteiger partial charge is 0.443 e. The van der Waals surface area contributed by atoms with Crippen LogP contribution in [0.15, 0.2) is 0 Å². The zero-order valence-corrected chi connectivity index (χ0v) is 36.3. The number of rotatable bonds is 7. The third kappa shape index (κ3) is 5.75. The van der Waals surface area contributed by atoms with Crippen LogP contribution in [-0.2, 0) is 18.9 Å². The third-order valence-corrected chi connectivity index (χ3v) is 19.0. The molecular weight excluding hydrogens is 691 g/mol. The zero-order chi connectivity index (χ0) is 39.1. The Labute approximate surface area is 333 Å². The number of morpholine rings is 1. The van der Waals surface area contributed by atoms with Crippen molar-refractivity contribution < 1.29 is 28.8 Å². The maximum Gasteiger partial charge on any atom is 0.410 e. The predicted octanol–water partition coefficient (Wildman–Crippen LogP) is 7.44. The van der Waals surface area contributed by atoms with Crippen molar-refractivity contribution in [2.45, 2.75) is 169 Å². The molecule has 312 valence electrons. The van der Waals surface area contributed by atoms with E-state index in [9.17, 15) is 9.90 Å². The van der Waals surface area contributed by atoms with Gasteiger partial charge in [-0.1, -0.05) is 48.5 Å². The van der Waals surface area contributed by atoms with E-state index in [0.717, 1.165) is 64.5 Å². The van der Waals surface area contributed by atoms with Crippen LogP contribution in [0.4, 0.5) is 4.79 Å². The molecule has 9 nitrogen and oxygen atoms in total. The number of carbonyl (C=O) groups is 1. The van der Waals surface area contributed by atoms with Gasteiger partial charge in [0.25, 0.3) is 0 Å². The first-order valence-electron chi connectivity index (χ1n) is 22.9. The van der Waals surface area contributed by atoms with Crippen molar-refractivity contribution in [2.24, 2.45) is 62.6 Å². The average Bonchev–Trinajstić information content (AvgIpc) is 3.69. The van der Waals surface area contributed by atoms with Gasteiger partial charge in [-0.2, -0.15) is 0 Å². The van der Waals surface area contributed by atoms with Gasteiger partial charge in [-0.15, -0.1) is 0 Å². The molecule has 4 aliphatic heterocycles. The number of fused-ring (bicyclic) bond motifs is 4. The van der Waals surface area contributed by atoms with Gasteiger partial charge in [-0.05, 0) is 136 Å². The lowest BCUT2D eigenvalue weighted by atomic mass is 9.41. The molecule has 55 heavy (non-hydrogen) atoms. The summed E-state index contributed by atoms with van der Waals surface area (Å²) in [4.78, 5) is 20.0. The van der Waals surface area contributed by atoms with Gasteiger partial charge in [0.1, 0.15) is 6.10 Å². The summed E-state index contributed by atoms with van der Waals surface area (Å²) in [6.07, 6.45) is 9.11. The Kier molecular flexibility index (Phi) is 9.52. The third-order valence-electron chi connectivity index (χ3n) is 19.0. The molecule has 0 unspecified atom stereocenters. The Morgan fingerprint density at radius 2 is 1.65 bits per heavy atom. The predicted molar refractivity (Wildman–Crippen MR) is 213 cm³/mol. The molecule has 0 bridgehead atoms. The Balaban J connectivity index is 0.884. The first-order chi connectivity index (χ1) is 25.9. The summed E-state index contributed by atoms with van der Waals surface area (Å²) in [7, 11) is 0. The van der Waals surface area contributed by atoms with Gasteiger partial charge in [-0.25, -0.2) is 4.79 Å². The number of hydrogen-bond donors (Lipinski definition) is 1. The fourth-order valence-electron chi connectivity index (χ4n) is 15.8. The van der Waals surface area contributed by atoms with Crippen LogP contribution in [0.1, 0.15) is 127 Å². The van der Waals surface area contributed by atoms with Crippen molar-refractivity contribution >= 4 is 6.09 Å². The molecule has 14 atom stereocenters. The number of likely N-dealkylation sites (tertiary alicyclic amines) is 2. The SMILES string of the molecule is CC(C)[C@@H](OC(=O)N1CCC1)[C@H]1C[C@@H](C)[C@H]2[C@H](O1)[C@H](O)[C@@]1(C)[C@@H]3CC[C@H]4C(C)(C)[C@@H](O[C@H]5CN(CC6CN(C(C)(C)C)C6)CCO5)CC[C@@]45C[C@@]35CC[C@]21C. The highest BCUT2D eigenvalue weighted by Crippen LogP contribution is 2.89. The van der Waals surface area contributed by atoms with E-state index in [2.05, 4.69) is 79.0 Å². The molecule has 1 N–H and O–H groups in total. The molecule has 0 aromatic carbocycles. The molecular formula is C46H77N3O6. The highest BCUT2D eigenvalue weighted by atomic mass is 16.7. The maximum atomic E-state index is 13.0. The van der Waals surface area contributed by atoms with Crippen LogP contribution < -0.4 is 0 Å². The molecule has 9 aliphatic rings. The average molecular weight is 768 g/mol. The van der Waals surface area contributed by atoms with Crippen LogP contribution in [0.5, 0.6) is 0 Å². The first-order valence-corrected chi connectivity index (χ1v) is 22.9. The number of carbonyl (C=O) groups excluding carboxylic acids is 1. The Hall–Kier alpha value is -0.970. The van der Waals surface area contributed by atoms with Crippen molar-refractivity contribution in [3.63, 3.8) is 0 Å². The highest BCUT2D eigenvalue weighted by Gasteiger charge is 2.84. The van der Waals surface area contributed by atoms with Crippen LogP contribution in [0.25, 0.3) is 0 Å². The zero-order valence-electron chi connectivity index (χ0n) is 36.3. The number of amides is 1. The monoisotopic (exact) mass is 768 g/mol. The van der Waals surface area contributed by atoms with E-state index < -0.39 is 6.10 Å². The fraction of sp³-hybridized carbons (Fsp3) is 0.978. The Bertz CT molecular complexity index is 1470. The molecule has 9 heteroatoms. The number of hydrogen-bond acceptors (Lipinski definition) is 8. The van der Waals surface area contributed by atoms with E-state index >= 15 is 0 Å². The highest BCUT2D eigenvalue weighted by molar-refractivity contribution is 5.68. The molecule has 4 saturated heterocycles. The van der Waals surface area contributed by atoms with Crippen molar-refractivity contribution in [3.8, 4) is 0 Å². The minimum absolute atomic E-state index is 0.0141. The maximum absolute atomic E-state index is 13.0. The van der Waals surface area contributed by atoms with Crippen molar-refractivity contribution in [3.05, 3.63) is 0 Å². The van der Waals surface area contributed by atoms with Gasteiger partial charge >= 0.3 is 6.09 Å². The molecule has 0 aromatic heterocycles. The molecule has 4 heterocycles. The fourth-order valence-corrected chi connectivity index (χ4v) is 15.8. The Morgan fingerprint density at radius 1 is 0.945 bits per heavy atom. The van der Waals surface area contributed by atoms with Crippen molar-refractivity contribution in [2.75, 3.05) is 52.4 Å². The van der Waals surface area contributed by atoms with Crippen LogP contribution >= 0.6 is 0 Å². The van der Waals surface area contributed by atoms with Gasteiger partial charge in [0.15, 0.2) is 6.29 Å². The Morgan fingerprint density at radius 3 is 2.33 bits per heavy atom. The number of aliphatic hydroxyl groups is 1. The normalized spacial score (nSPS) is 48.7. The molecule has 5 aliphatic carbocycles. The van der Waals surface area contributed by atoms with Gasteiger partial charge in [0, 0.05) is 56.8 Å². The smallest absolute Gasteiger partial charge is 0.410 e. The summed E-state index contributed by atoms with van der Waals surface area (Å²) in [5, 5.41) is 12.8. The minimum Gasteiger partial charge on any atom is -0.443 e. The second kappa shape index (κ2) is 13.3. The number of ether oxygens (including phenoxy) is 4. The summed E-state index contributed by atoms with van der Waals surface area (Å²) >= 11 is 0. The lowest BCUT2D eigenvalue weighted by molar-refractivity contribution is -0.250. The molecule has 1 amide bonds. The summed E-state index contributed by atoms with van der Waals surface area (Å²) in [5.74, 6) is 2.73. The van der Waals surface area contributed by atoms with E-state index in [-0.39, 0.29) is 64.5 Å². The molecule has 0 radical (unpaired) electrons. The lowest BCUT2D eigenvalue weighted by Gasteiger charge is -2.64. The summed E-state index contributed by atoms with van der Waals surface area (Å²) < 4.78 is 26.7. The second-order valence-electron chi connectivity index (χ2n) is 23.1. The summed E-state index contributed by atoms with van der Waals surface area (Å²) in [5.41, 5.74) is 0.802. The molecule has 9 fully saturated rings. The van der Waals surface area contributed by atoms with Crippen molar-refractivity contribution in [1.82, 2.24) is 14.7 Å². The van der Waals surface area contributed by atoms with Crippen LogP contribution in [-0.4, -0.2) is 121 Å². The topological polar surface area (TPSA) is 83.9 Å². The second-order valence-corrected chi connectivity index (χ2v) is 23.1. The number of aliphatic hydroxyl groups excluding tert-OH is 1. The van der Waals surface area contributed by atoms with Crippen LogP contribution in [0, 0.1) is 62.6 Å². The van der Waals surface area contributed by atoms with Crippen molar-refractivity contribution in [1.29, 1.82) is 0 Å². The quantitative estimate of drug-likeness (QED) is 0.287. The molecule has 5 saturated carbocycles. The van der Waals surface area contributed by atoms with E-state index in [4.69, 9.17) is 18.9 Å². The molecule has 9 rings (SSSR count). The van der Waals surface area contributed by atoms with E-state index in [1.807, 2.05) is 4.90 Å². The number of nitrogens with zero attached hydrogens (tertiary/aromatic N) is 3. The van der Waals surface area contributed by atoms with Gasteiger partial charge in [0.05, 0.1) is 31.0 Å². The van der Waals surface area contributed by atoms with Gasteiger partial charge in [0.2, 0.25) is 0 Å². The summed E-state index contributed by atoms with van der Waals surface area (Å²) in [6.45, 7) is 31.5. The summed E-state index contributed by atoms with van der Waals surface area (Å²) in [6, 6.07) is 0. The molecule has 0 aromatic rings. The van der Waals surface area contributed by atoms with E-state index in [0.29, 0.717) is 34.5 Å².